The van der Waals surface area contributed by atoms with Crippen LogP contribution in [-0.2, 0) is 19.1 Å². The highest BCUT2D eigenvalue weighted by Gasteiger charge is 2.45. The van der Waals surface area contributed by atoms with Crippen LogP contribution in [0.2, 0.25) is 0 Å². The average Bonchev–Trinajstić information content (AvgIpc) is 2.55. The monoisotopic (exact) mass is 282 g/mol. The van der Waals surface area contributed by atoms with Crippen molar-refractivity contribution >= 4 is 11.8 Å². The van der Waals surface area contributed by atoms with E-state index in [0.29, 0.717) is 18.3 Å². The molecule has 0 bridgehead atoms. The summed E-state index contributed by atoms with van der Waals surface area (Å²) in [6, 6.07) is 0. The summed E-state index contributed by atoms with van der Waals surface area (Å²) < 4.78 is 11.0. The van der Waals surface area contributed by atoms with E-state index in [0.717, 1.165) is 12.8 Å². The molecular weight excluding hydrogens is 256 g/mol. The van der Waals surface area contributed by atoms with Crippen LogP contribution >= 0.6 is 0 Å². The number of ketones is 1. The summed E-state index contributed by atoms with van der Waals surface area (Å²) in [6.07, 6.45) is 5.85. The summed E-state index contributed by atoms with van der Waals surface area (Å²) >= 11 is 0. The van der Waals surface area contributed by atoms with Gasteiger partial charge in [0.15, 0.2) is 0 Å². The highest BCUT2D eigenvalue weighted by molar-refractivity contribution is 5.83. The molecule has 20 heavy (non-hydrogen) atoms. The van der Waals surface area contributed by atoms with Crippen LogP contribution in [0.25, 0.3) is 0 Å². The number of hydrogen-bond acceptors (Lipinski definition) is 4. The molecule has 2 unspecified atom stereocenters. The van der Waals surface area contributed by atoms with Gasteiger partial charge >= 0.3 is 5.97 Å². The van der Waals surface area contributed by atoms with Crippen LogP contribution in [0.5, 0.6) is 0 Å². The second-order valence-electron chi connectivity index (χ2n) is 6.25. The summed E-state index contributed by atoms with van der Waals surface area (Å²) in [5.74, 6) is 0.581. The predicted molar refractivity (Wildman–Crippen MR) is 75.2 cm³/mol. The maximum atomic E-state index is 12.5. The van der Waals surface area contributed by atoms with Gasteiger partial charge in [-0.05, 0) is 31.6 Å². The Kier molecular flexibility index (Phi) is 5.19. The van der Waals surface area contributed by atoms with Gasteiger partial charge in [0.05, 0.1) is 12.0 Å². The number of esters is 1. The van der Waals surface area contributed by atoms with Gasteiger partial charge in [-0.25, -0.2) is 0 Å². The van der Waals surface area contributed by atoms with Gasteiger partial charge in [0.25, 0.3) is 0 Å². The molecule has 4 nitrogen and oxygen atoms in total. The molecule has 0 amide bonds. The van der Waals surface area contributed by atoms with E-state index < -0.39 is 6.10 Å². The lowest BCUT2D eigenvalue weighted by Crippen LogP contribution is -2.44. The number of hydrogen-bond donors (Lipinski definition) is 0. The van der Waals surface area contributed by atoms with Crippen LogP contribution in [0.15, 0.2) is 0 Å². The molecule has 5 atom stereocenters. The standard InChI is InChI=1S/C16H26O4/c1-10(20-11(2)17)15-14(18)9-8-12-6-4-5-7-13(12)16(15)19-3/h10,12-13,15-16H,4-9H2,1-3H3/t10-,12?,13-,15?,16-/m0/s1. The average molecular weight is 282 g/mol. The van der Waals surface area contributed by atoms with E-state index in [4.69, 9.17) is 9.47 Å². The first-order chi connectivity index (χ1) is 9.54. The molecule has 0 N–H and O–H groups in total. The lowest BCUT2D eigenvalue weighted by atomic mass is 9.73. The minimum Gasteiger partial charge on any atom is -0.462 e. The van der Waals surface area contributed by atoms with E-state index in [2.05, 4.69) is 0 Å². The fourth-order valence-corrected chi connectivity index (χ4v) is 4.16. The van der Waals surface area contributed by atoms with Crippen molar-refractivity contribution in [3.8, 4) is 0 Å². The van der Waals surface area contributed by atoms with Crippen molar-refractivity contribution in [3.63, 3.8) is 0 Å². The van der Waals surface area contributed by atoms with Crippen molar-refractivity contribution in [1.29, 1.82) is 0 Å². The Morgan fingerprint density at radius 2 is 1.95 bits per heavy atom. The largest absolute Gasteiger partial charge is 0.462 e. The fraction of sp³-hybridized carbons (Fsp3) is 0.875. The molecule has 0 saturated heterocycles. The van der Waals surface area contributed by atoms with E-state index in [-0.39, 0.29) is 23.8 Å². The van der Waals surface area contributed by atoms with Crippen molar-refractivity contribution in [2.24, 2.45) is 17.8 Å². The number of Topliss-reactive ketones (excluding diaryl/α,β-unsaturated/α-hetero) is 1. The van der Waals surface area contributed by atoms with Gasteiger partial charge in [-0.15, -0.1) is 0 Å². The molecule has 2 aliphatic carbocycles. The summed E-state index contributed by atoms with van der Waals surface area (Å²) in [6.45, 7) is 3.21. The van der Waals surface area contributed by atoms with Gasteiger partial charge in [-0.2, -0.15) is 0 Å². The van der Waals surface area contributed by atoms with E-state index in [9.17, 15) is 9.59 Å². The Labute approximate surface area is 121 Å². The van der Waals surface area contributed by atoms with Gasteiger partial charge in [0.1, 0.15) is 11.9 Å². The minimum absolute atomic E-state index is 0.107. The smallest absolute Gasteiger partial charge is 0.302 e. The van der Waals surface area contributed by atoms with E-state index in [1.807, 2.05) is 6.92 Å². The van der Waals surface area contributed by atoms with Crippen molar-refractivity contribution in [2.75, 3.05) is 7.11 Å². The Morgan fingerprint density at radius 1 is 1.25 bits per heavy atom. The third-order valence-electron chi connectivity index (χ3n) is 5.01. The van der Waals surface area contributed by atoms with Crippen molar-refractivity contribution in [3.05, 3.63) is 0 Å². The first kappa shape index (κ1) is 15.5. The van der Waals surface area contributed by atoms with E-state index in [1.165, 1.54) is 26.2 Å². The van der Waals surface area contributed by atoms with Crippen LogP contribution in [-0.4, -0.2) is 31.1 Å². The molecule has 0 heterocycles. The Morgan fingerprint density at radius 3 is 2.60 bits per heavy atom. The first-order valence-electron chi connectivity index (χ1n) is 7.77. The lowest BCUT2D eigenvalue weighted by molar-refractivity contribution is -0.156. The first-order valence-corrected chi connectivity index (χ1v) is 7.77. The maximum Gasteiger partial charge on any atom is 0.302 e. The normalized spacial score (nSPS) is 35.9. The molecule has 0 spiro atoms. The Balaban J connectivity index is 2.22. The molecule has 4 heteroatoms. The molecule has 114 valence electrons. The quantitative estimate of drug-likeness (QED) is 0.747. The fourth-order valence-electron chi connectivity index (χ4n) is 4.16. The molecule has 2 fully saturated rings. The van der Waals surface area contributed by atoms with Gasteiger partial charge < -0.3 is 9.47 Å². The van der Waals surface area contributed by atoms with Crippen LogP contribution in [0.3, 0.4) is 0 Å². The molecule has 0 aromatic carbocycles. The predicted octanol–water partition coefficient (Wildman–Crippen LogP) is 2.74. The number of rotatable bonds is 3. The molecular formula is C16H26O4. The van der Waals surface area contributed by atoms with Crippen molar-refractivity contribution in [1.82, 2.24) is 0 Å². The number of carbonyl (C=O) groups excluding carboxylic acids is 2. The van der Waals surface area contributed by atoms with Crippen LogP contribution in [0.4, 0.5) is 0 Å². The zero-order valence-corrected chi connectivity index (χ0v) is 12.8. The summed E-state index contributed by atoms with van der Waals surface area (Å²) in [7, 11) is 1.68. The van der Waals surface area contributed by atoms with Crippen molar-refractivity contribution in [2.45, 2.75) is 64.6 Å². The van der Waals surface area contributed by atoms with Gasteiger partial charge in [0.2, 0.25) is 0 Å². The van der Waals surface area contributed by atoms with Gasteiger partial charge in [0, 0.05) is 20.5 Å². The highest BCUT2D eigenvalue weighted by Crippen LogP contribution is 2.42. The Bertz CT molecular complexity index is 365. The SMILES string of the molecule is CO[C@@H]1C([C@H](C)OC(C)=O)C(=O)CCC2CCCC[C@@H]21. The number of ether oxygens (including phenoxy) is 2. The van der Waals surface area contributed by atoms with E-state index >= 15 is 0 Å². The molecule has 0 aliphatic heterocycles. The topological polar surface area (TPSA) is 52.6 Å². The number of methoxy groups -OCH3 is 1. The Hall–Kier alpha value is -0.900. The third-order valence-corrected chi connectivity index (χ3v) is 5.01. The minimum atomic E-state index is -0.398. The van der Waals surface area contributed by atoms with Crippen LogP contribution in [0.1, 0.15) is 52.4 Å². The third kappa shape index (κ3) is 3.22. The lowest BCUT2D eigenvalue weighted by Gasteiger charge is -2.38. The highest BCUT2D eigenvalue weighted by atomic mass is 16.5. The molecule has 0 aromatic heterocycles. The zero-order valence-electron chi connectivity index (χ0n) is 12.8. The molecule has 0 aromatic rings. The van der Waals surface area contributed by atoms with Gasteiger partial charge in [-0.1, -0.05) is 19.3 Å². The molecule has 2 saturated carbocycles. The summed E-state index contributed by atoms with van der Waals surface area (Å²) in [5.41, 5.74) is 0. The summed E-state index contributed by atoms with van der Waals surface area (Å²) in [4.78, 5) is 23.7. The van der Waals surface area contributed by atoms with E-state index in [1.54, 1.807) is 7.11 Å². The maximum absolute atomic E-state index is 12.5. The van der Waals surface area contributed by atoms with Crippen LogP contribution in [0, 0.1) is 17.8 Å². The number of carbonyl (C=O) groups is 2. The van der Waals surface area contributed by atoms with Gasteiger partial charge in [-0.3, -0.25) is 9.59 Å². The van der Waals surface area contributed by atoms with Crippen LogP contribution < -0.4 is 0 Å². The second kappa shape index (κ2) is 6.70. The second-order valence-corrected chi connectivity index (χ2v) is 6.25. The number of fused-ring (bicyclic) bond motifs is 1. The molecule has 2 aliphatic rings. The summed E-state index contributed by atoms with van der Waals surface area (Å²) in [5, 5.41) is 0. The zero-order chi connectivity index (χ0) is 14.7. The molecule has 0 radical (unpaired) electrons. The van der Waals surface area contributed by atoms with Crippen molar-refractivity contribution < 1.29 is 19.1 Å². The molecule has 2 rings (SSSR count).